The van der Waals surface area contributed by atoms with E-state index >= 15 is 0 Å². The maximum absolute atomic E-state index is 11.4. The van der Waals surface area contributed by atoms with Crippen molar-refractivity contribution >= 4 is 10.0 Å². The molecule has 0 saturated carbocycles. The van der Waals surface area contributed by atoms with E-state index in [1.165, 1.54) is 6.26 Å². The lowest BCUT2D eigenvalue weighted by Crippen LogP contribution is -2.46. The molecule has 0 aromatic carbocycles. The zero-order chi connectivity index (χ0) is 12.6. The van der Waals surface area contributed by atoms with Gasteiger partial charge in [-0.1, -0.05) is 6.92 Å². The molecule has 0 spiro atoms. The molecule has 2 fully saturated rings. The quantitative estimate of drug-likeness (QED) is 0.740. The molecule has 0 aliphatic carbocycles. The summed E-state index contributed by atoms with van der Waals surface area (Å²) < 4.78 is 24.4. The van der Waals surface area contributed by atoms with Crippen LogP contribution in [0.3, 0.4) is 0 Å². The summed E-state index contributed by atoms with van der Waals surface area (Å²) in [5, 5.41) is 0. The summed E-state index contributed by atoms with van der Waals surface area (Å²) >= 11 is 0. The van der Waals surface area contributed by atoms with Gasteiger partial charge in [-0.05, 0) is 18.8 Å². The van der Waals surface area contributed by atoms with Crippen LogP contribution in [-0.4, -0.2) is 62.1 Å². The Hall–Kier alpha value is -0.170. The first-order valence-electron chi connectivity index (χ1n) is 6.32. The average Bonchev–Trinajstić information content (AvgIpc) is 2.58. The smallest absolute Gasteiger partial charge is 0.211 e. The van der Waals surface area contributed by atoms with Gasteiger partial charge < -0.3 is 5.73 Å². The molecule has 2 rings (SSSR count). The molecule has 2 heterocycles. The van der Waals surface area contributed by atoms with Crippen LogP contribution in [0.4, 0.5) is 0 Å². The van der Waals surface area contributed by atoms with Gasteiger partial charge in [0.05, 0.1) is 6.26 Å². The van der Waals surface area contributed by atoms with E-state index < -0.39 is 10.0 Å². The molecule has 0 radical (unpaired) electrons. The van der Waals surface area contributed by atoms with E-state index in [1.807, 2.05) is 0 Å². The van der Waals surface area contributed by atoms with Gasteiger partial charge in [-0.15, -0.1) is 0 Å². The maximum Gasteiger partial charge on any atom is 0.211 e. The van der Waals surface area contributed by atoms with E-state index in [0.29, 0.717) is 25.0 Å². The first-order chi connectivity index (χ1) is 7.88. The molecule has 0 aromatic heterocycles. The predicted octanol–water partition coefficient (Wildman–Crippen LogP) is -0.311. The van der Waals surface area contributed by atoms with Crippen molar-refractivity contribution in [3.63, 3.8) is 0 Å². The lowest BCUT2D eigenvalue weighted by Gasteiger charge is -2.35. The van der Waals surface area contributed by atoms with Crippen molar-refractivity contribution in [3.8, 4) is 0 Å². The highest BCUT2D eigenvalue weighted by atomic mass is 32.2. The highest BCUT2D eigenvalue weighted by Gasteiger charge is 2.34. The Balaban J connectivity index is 1.88. The Labute approximate surface area is 104 Å². The summed E-state index contributed by atoms with van der Waals surface area (Å²) in [6.45, 7) is 5.53. The third-order valence-corrected chi connectivity index (χ3v) is 5.41. The molecule has 6 heteroatoms. The van der Waals surface area contributed by atoms with Crippen LogP contribution >= 0.6 is 0 Å². The van der Waals surface area contributed by atoms with Gasteiger partial charge in [0.15, 0.2) is 0 Å². The van der Waals surface area contributed by atoms with Crippen LogP contribution in [0, 0.1) is 5.92 Å². The van der Waals surface area contributed by atoms with E-state index in [9.17, 15) is 8.42 Å². The van der Waals surface area contributed by atoms with Crippen molar-refractivity contribution in [1.82, 2.24) is 9.21 Å². The first kappa shape index (κ1) is 13.3. The minimum Gasteiger partial charge on any atom is -0.326 e. The van der Waals surface area contributed by atoms with Gasteiger partial charge in [0.2, 0.25) is 10.0 Å². The second-order valence-electron chi connectivity index (χ2n) is 5.49. The highest BCUT2D eigenvalue weighted by molar-refractivity contribution is 7.88. The molecule has 0 amide bonds. The Morgan fingerprint density at radius 3 is 2.18 bits per heavy atom. The molecular formula is C11H23N3O2S. The molecule has 17 heavy (non-hydrogen) atoms. The molecule has 2 saturated heterocycles. The topological polar surface area (TPSA) is 66.6 Å². The molecule has 0 aromatic rings. The second kappa shape index (κ2) is 4.84. The number of piperidine rings is 1. The zero-order valence-electron chi connectivity index (χ0n) is 10.7. The van der Waals surface area contributed by atoms with Crippen LogP contribution in [0.2, 0.25) is 0 Å². The molecule has 5 nitrogen and oxygen atoms in total. The minimum atomic E-state index is -3.00. The number of nitrogens with zero attached hydrogens (tertiary/aromatic N) is 2. The van der Waals surface area contributed by atoms with E-state index in [-0.39, 0.29) is 6.04 Å². The number of nitrogens with two attached hydrogens (primary N) is 1. The Morgan fingerprint density at radius 2 is 1.76 bits per heavy atom. The SMILES string of the molecule is CC1CN(C2CCN(S(C)(=O)=O)CC2)CC1N. The third kappa shape index (κ3) is 2.99. The fourth-order valence-corrected chi connectivity index (χ4v) is 3.74. The van der Waals surface area contributed by atoms with Crippen LogP contribution in [0.5, 0.6) is 0 Å². The third-order valence-electron chi connectivity index (χ3n) is 4.11. The van der Waals surface area contributed by atoms with Gasteiger partial charge in [-0.2, -0.15) is 0 Å². The number of hydrogen-bond acceptors (Lipinski definition) is 4. The van der Waals surface area contributed by atoms with Crippen molar-refractivity contribution in [2.75, 3.05) is 32.4 Å². The van der Waals surface area contributed by atoms with E-state index in [0.717, 1.165) is 25.9 Å². The van der Waals surface area contributed by atoms with Gasteiger partial charge >= 0.3 is 0 Å². The molecule has 2 aliphatic rings. The molecule has 100 valence electrons. The summed E-state index contributed by atoms with van der Waals surface area (Å²) in [5.74, 6) is 0.558. The average molecular weight is 261 g/mol. The number of sulfonamides is 1. The fraction of sp³-hybridized carbons (Fsp3) is 1.00. The summed E-state index contributed by atoms with van der Waals surface area (Å²) in [7, 11) is -3.00. The first-order valence-corrected chi connectivity index (χ1v) is 8.17. The molecule has 0 bridgehead atoms. The van der Waals surface area contributed by atoms with Crippen LogP contribution in [0.1, 0.15) is 19.8 Å². The summed E-state index contributed by atoms with van der Waals surface area (Å²) in [4.78, 5) is 2.44. The van der Waals surface area contributed by atoms with Gasteiger partial charge in [0.1, 0.15) is 0 Å². The number of hydrogen-bond donors (Lipinski definition) is 1. The predicted molar refractivity (Wildman–Crippen MR) is 68.2 cm³/mol. The van der Waals surface area contributed by atoms with Gasteiger partial charge in [-0.25, -0.2) is 12.7 Å². The monoisotopic (exact) mass is 261 g/mol. The molecular weight excluding hydrogens is 238 g/mol. The van der Waals surface area contributed by atoms with E-state index in [2.05, 4.69) is 11.8 Å². The van der Waals surface area contributed by atoms with Crippen molar-refractivity contribution in [2.24, 2.45) is 11.7 Å². The van der Waals surface area contributed by atoms with E-state index in [1.54, 1.807) is 4.31 Å². The Kier molecular flexibility index (Phi) is 3.77. The molecule has 2 unspecified atom stereocenters. The largest absolute Gasteiger partial charge is 0.326 e. The number of rotatable bonds is 2. The van der Waals surface area contributed by atoms with Crippen molar-refractivity contribution in [1.29, 1.82) is 0 Å². The summed E-state index contributed by atoms with van der Waals surface area (Å²) in [6.07, 6.45) is 3.17. The van der Waals surface area contributed by atoms with Crippen molar-refractivity contribution < 1.29 is 8.42 Å². The van der Waals surface area contributed by atoms with Gasteiger partial charge in [0.25, 0.3) is 0 Å². The molecule has 2 N–H and O–H groups in total. The zero-order valence-corrected chi connectivity index (χ0v) is 11.5. The van der Waals surface area contributed by atoms with Crippen molar-refractivity contribution in [2.45, 2.75) is 31.8 Å². The Bertz CT molecular complexity index is 353. The van der Waals surface area contributed by atoms with Gasteiger partial charge in [-0.3, -0.25) is 4.90 Å². The normalized spacial score (nSPS) is 34.3. The van der Waals surface area contributed by atoms with Gasteiger partial charge in [0, 0.05) is 38.3 Å². The highest BCUT2D eigenvalue weighted by Crippen LogP contribution is 2.24. The summed E-state index contributed by atoms with van der Waals surface area (Å²) in [6, 6.07) is 0.798. The molecule has 2 aliphatic heterocycles. The second-order valence-corrected chi connectivity index (χ2v) is 7.47. The minimum absolute atomic E-state index is 0.280. The maximum atomic E-state index is 11.4. The lowest BCUT2D eigenvalue weighted by molar-refractivity contribution is 0.163. The van der Waals surface area contributed by atoms with Crippen LogP contribution < -0.4 is 5.73 Å². The van der Waals surface area contributed by atoms with Crippen LogP contribution in [0.15, 0.2) is 0 Å². The standard InChI is InChI=1S/C11H23N3O2S/c1-9-7-13(8-11(9)12)10-3-5-14(6-4-10)17(2,15)16/h9-11H,3-8,12H2,1-2H3. The summed E-state index contributed by atoms with van der Waals surface area (Å²) in [5.41, 5.74) is 6.02. The lowest BCUT2D eigenvalue weighted by atomic mass is 10.1. The Morgan fingerprint density at radius 1 is 1.18 bits per heavy atom. The van der Waals surface area contributed by atoms with E-state index in [4.69, 9.17) is 5.73 Å². The number of likely N-dealkylation sites (tertiary alicyclic amines) is 1. The fourth-order valence-electron chi connectivity index (χ4n) is 2.87. The van der Waals surface area contributed by atoms with Crippen LogP contribution in [-0.2, 0) is 10.0 Å². The van der Waals surface area contributed by atoms with Crippen LogP contribution in [0.25, 0.3) is 0 Å². The molecule has 2 atom stereocenters. The van der Waals surface area contributed by atoms with Crippen molar-refractivity contribution in [3.05, 3.63) is 0 Å².